The van der Waals surface area contributed by atoms with Gasteiger partial charge in [0.25, 0.3) is 5.91 Å². The lowest BCUT2D eigenvalue weighted by Gasteiger charge is -2.14. The molecule has 4 nitrogen and oxygen atoms in total. The molecule has 1 heterocycles. The molecular weight excluding hydrogens is 274 g/mol. The number of nitrogens with one attached hydrogen (secondary N) is 1. The number of nitrogens with two attached hydrogens (primary N) is 1. The first-order valence-corrected chi connectivity index (χ1v) is 6.71. The Morgan fingerprint density at radius 1 is 1.30 bits per heavy atom. The Hall–Kier alpha value is -2.07. The van der Waals surface area contributed by atoms with Crippen LogP contribution >= 0.6 is 11.6 Å². The largest absolute Gasteiger partial charge is 0.384 e. The molecule has 1 atom stereocenters. The highest BCUT2D eigenvalue weighted by Gasteiger charge is 2.15. The third-order valence-corrected chi connectivity index (χ3v) is 3.15. The van der Waals surface area contributed by atoms with Crippen LogP contribution in [0.3, 0.4) is 0 Å². The Balaban J connectivity index is 2.02. The number of benzene rings is 1. The summed E-state index contributed by atoms with van der Waals surface area (Å²) in [5, 5.41) is 3.17. The van der Waals surface area contributed by atoms with Gasteiger partial charge in [0, 0.05) is 6.04 Å². The molecule has 0 spiro atoms. The van der Waals surface area contributed by atoms with Gasteiger partial charge in [0.2, 0.25) is 0 Å². The Labute approximate surface area is 123 Å². The summed E-state index contributed by atoms with van der Waals surface area (Å²) in [6.45, 7) is 1.94. The quantitative estimate of drug-likeness (QED) is 0.909. The first-order chi connectivity index (χ1) is 9.56. The number of amides is 1. The SMILES string of the molecule is CC(Cc1ccccc1)NC(=O)c1nc(N)ccc1Cl. The molecule has 1 aromatic heterocycles. The normalized spacial score (nSPS) is 11.9. The summed E-state index contributed by atoms with van der Waals surface area (Å²) in [7, 11) is 0. The number of nitrogens with zero attached hydrogens (tertiary/aromatic N) is 1. The first kappa shape index (κ1) is 14.3. The molecule has 0 fully saturated rings. The van der Waals surface area contributed by atoms with E-state index in [1.54, 1.807) is 12.1 Å². The topological polar surface area (TPSA) is 68.0 Å². The molecule has 2 rings (SSSR count). The Morgan fingerprint density at radius 2 is 2.00 bits per heavy atom. The molecule has 0 aliphatic heterocycles. The fourth-order valence-corrected chi connectivity index (χ4v) is 2.12. The standard InChI is InChI=1S/C15H16ClN3O/c1-10(9-11-5-3-2-4-6-11)18-15(20)14-12(16)7-8-13(17)19-14/h2-8,10H,9H2,1H3,(H2,17,19)(H,18,20). The highest BCUT2D eigenvalue weighted by atomic mass is 35.5. The van der Waals surface area contributed by atoms with Crippen molar-refractivity contribution in [2.45, 2.75) is 19.4 Å². The van der Waals surface area contributed by atoms with E-state index in [4.69, 9.17) is 17.3 Å². The third kappa shape index (κ3) is 3.71. The minimum Gasteiger partial charge on any atom is -0.384 e. The summed E-state index contributed by atoms with van der Waals surface area (Å²) in [5.41, 5.74) is 6.89. The Bertz CT molecular complexity index is 601. The molecule has 2 aromatic rings. The monoisotopic (exact) mass is 289 g/mol. The summed E-state index contributed by atoms with van der Waals surface area (Å²) in [6, 6.07) is 13.1. The molecule has 0 bridgehead atoms. The molecule has 0 aliphatic rings. The van der Waals surface area contributed by atoms with E-state index in [1.807, 2.05) is 37.3 Å². The van der Waals surface area contributed by atoms with Gasteiger partial charge in [-0.15, -0.1) is 0 Å². The van der Waals surface area contributed by atoms with Crippen LogP contribution in [0.15, 0.2) is 42.5 Å². The number of hydrogen-bond acceptors (Lipinski definition) is 3. The van der Waals surface area contributed by atoms with E-state index >= 15 is 0 Å². The van der Waals surface area contributed by atoms with Crippen LogP contribution in [0.2, 0.25) is 5.02 Å². The molecule has 0 radical (unpaired) electrons. The predicted octanol–water partition coefficient (Wildman–Crippen LogP) is 2.68. The van der Waals surface area contributed by atoms with Crippen LogP contribution in [-0.2, 0) is 6.42 Å². The number of hydrogen-bond donors (Lipinski definition) is 2. The van der Waals surface area contributed by atoms with Gasteiger partial charge in [-0.25, -0.2) is 4.98 Å². The zero-order valence-corrected chi connectivity index (χ0v) is 11.9. The summed E-state index contributed by atoms with van der Waals surface area (Å²) < 4.78 is 0. The molecule has 0 aliphatic carbocycles. The second kappa shape index (κ2) is 6.39. The van der Waals surface area contributed by atoms with Crippen molar-refractivity contribution in [3.63, 3.8) is 0 Å². The van der Waals surface area contributed by atoms with Crippen LogP contribution in [0, 0.1) is 0 Å². The van der Waals surface area contributed by atoms with Crippen molar-refractivity contribution in [3.8, 4) is 0 Å². The van der Waals surface area contributed by atoms with E-state index in [9.17, 15) is 4.79 Å². The molecule has 3 N–H and O–H groups in total. The number of carbonyl (C=O) groups excluding carboxylic acids is 1. The van der Waals surface area contributed by atoms with Crippen molar-refractivity contribution in [3.05, 3.63) is 58.7 Å². The molecule has 0 saturated heterocycles. The van der Waals surface area contributed by atoms with E-state index in [1.165, 1.54) is 0 Å². The highest BCUT2D eigenvalue weighted by molar-refractivity contribution is 6.33. The van der Waals surface area contributed by atoms with Crippen molar-refractivity contribution < 1.29 is 4.79 Å². The summed E-state index contributed by atoms with van der Waals surface area (Å²) in [4.78, 5) is 16.1. The first-order valence-electron chi connectivity index (χ1n) is 6.33. The van der Waals surface area contributed by atoms with Gasteiger partial charge in [-0.2, -0.15) is 0 Å². The van der Waals surface area contributed by atoms with Gasteiger partial charge in [0.15, 0.2) is 0 Å². The van der Waals surface area contributed by atoms with Crippen LogP contribution in [0.5, 0.6) is 0 Å². The lowest BCUT2D eigenvalue weighted by Crippen LogP contribution is -2.34. The minimum atomic E-state index is -0.314. The second-order valence-corrected chi connectivity index (χ2v) is 5.04. The van der Waals surface area contributed by atoms with E-state index in [-0.39, 0.29) is 23.5 Å². The predicted molar refractivity (Wildman–Crippen MR) is 80.7 cm³/mol. The number of pyridine rings is 1. The highest BCUT2D eigenvalue weighted by Crippen LogP contribution is 2.15. The molecule has 20 heavy (non-hydrogen) atoms. The van der Waals surface area contributed by atoms with E-state index in [0.29, 0.717) is 5.02 Å². The average Bonchev–Trinajstić information content (AvgIpc) is 2.42. The third-order valence-electron chi connectivity index (χ3n) is 2.84. The number of halogens is 1. The van der Waals surface area contributed by atoms with Gasteiger partial charge in [-0.05, 0) is 31.0 Å². The zero-order valence-electron chi connectivity index (χ0n) is 11.1. The van der Waals surface area contributed by atoms with Gasteiger partial charge in [0.1, 0.15) is 11.5 Å². The fraction of sp³-hybridized carbons (Fsp3) is 0.200. The smallest absolute Gasteiger partial charge is 0.271 e. The van der Waals surface area contributed by atoms with Crippen molar-refractivity contribution in [2.75, 3.05) is 5.73 Å². The van der Waals surface area contributed by atoms with Crippen LogP contribution in [0.1, 0.15) is 23.0 Å². The van der Waals surface area contributed by atoms with Crippen LogP contribution < -0.4 is 11.1 Å². The van der Waals surface area contributed by atoms with Crippen LogP contribution in [0.4, 0.5) is 5.82 Å². The molecule has 1 aromatic carbocycles. The van der Waals surface area contributed by atoms with E-state index in [0.717, 1.165) is 12.0 Å². The number of aromatic nitrogens is 1. The van der Waals surface area contributed by atoms with Gasteiger partial charge in [-0.3, -0.25) is 4.79 Å². The zero-order chi connectivity index (χ0) is 14.5. The van der Waals surface area contributed by atoms with Crippen LogP contribution in [0.25, 0.3) is 0 Å². The second-order valence-electron chi connectivity index (χ2n) is 4.63. The maximum atomic E-state index is 12.1. The summed E-state index contributed by atoms with van der Waals surface area (Å²) in [6.07, 6.45) is 0.743. The van der Waals surface area contributed by atoms with Crippen molar-refractivity contribution in [2.24, 2.45) is 0 Å². The lowest BCUT2D eigenvalue weighted by molar-refractivity contribution is 0.0935. The van der Waals surface area contributed by atoms with E-state index in [2.05, 4.69) is 10.3 Å². The van der Waals surface area contributed by atoms with Gasteiger partial charge >= 0.3 is 0 Å². The molecule has 1 unspecified atom stereocenters. The van der Waals surface area contributed by atoms with Gasteiger partial charge in [0.05, 0.1) is 5.02 Å². The maximum Gasteiger partial charge on any atom is 0.271 e. The van der Waals surface area contributed by atoms with E-state index < -0.39 is 0 Å². The van der Waals surface area contributed by atoms with Crippen molar-refractivity contribution in [1.29, 1.82) is 0 Å². The lowest BCUT2D eigenvalue weighted by atomic mass is 10.1. The van der Waals surface area contributed by atoms with Crippen molar-refractivity contribution in [1.82, 2.24) is 10.3 Å². The average molecular weight is 290 g/mol. The molecular formula is C15H16ClN3O. The molecule has 1 amide bonds. The number of rotatable bonds is 4. The Morgan fingerprint density at radius 3 is 2.70 bits per heavy atom. The minimum absolute atomic E-state index is 0.0239. The maximum absolute atomic E-state index is 12.1. The van der Waals surface area contributed by atoms with Gasteiger partial charge in [-0.1, -0.05) is 41.9 Å². The number of carbonyl (C=O) groups is 1. The van der Waals surface area contributed by atoms with Crippen molar-refractivity contribution >= 4 is 23.3 Å². The molecule has 5 heteroatoms. The number of nitrogen functional groups attached to an aromatic ring is 1. The Kier molecular flexibility index (Phi) is 4.58. The summed E-state index contributed by atoms with van der Waals surface area (Å²) in [5.74, 6) is -0.0407. The fourth-order valence-electron chi connectivity index (χ4n) is 1.93. The van der Waals surface area contributed by atoms with Gasteiger partial charge < -0.3 is 11.1 Å². The van der Waals surface area contributed by atoms with Crippen LogP contribution in [-0.4, -0.2) is 16.9 Å². The number of anilines is 1. The summed E-state index contributed by atoms with van der Waals surface area (Å²) >= 11 is 5.96. The molecule has 0 saturated carbocycles. The molecule has 104 valence electrons.